The zero-order valence-corrected chi connectivity index (χ0v) is 88.4. The predicted molar refractivity (Wildman–Crippen MR) is 543 cm³/mol. The lowest BCUT2D eigenvalue weighted by molar-refractivity contribution is -0.197. The maximum Gasteiger partial charge on any atom is 0.333 e. The van der Waals surface area contributed by atoms with Crippen molar-refractivity contribution in [3.63, 3.8) is 0 Å². The Hall–Kier alpha value is -11.9. The normalized spacial score (nSPS) is 22.9. The largest absolute Gasteiger partial charge is 0.495 e. The SMILES string of the molecule is COc1ccc(C[C@H]2NC(=O)/C=C/C[C@@H]([C@H](C)[C@H]3O[C@@H]3c3ccc(CCC(=O)[C@H](C)NC(=O)[C@@H](CC(=O)CCCC(=O)ON4C(=O)CCC4=O)C(C)C)cc3)OC(=O)[C@H](CC(C)C)NC(=O)C(C)(C)CNC2=O)cc1Cl.COc1ccc(C[C@H]2NC(=O)/C=C/C[C@@H]([C@H](C)[C@H]3O[C@@H]3c3ccc(CCC(=O)[C@H](C)NC(=O)[C@@H](CC(=O)CCCC(C)=O)C(C)C)cc3)OC(=O)[C@H](CC(C)C)NC(=O)C(C)(C)CNC2=O)cc1Cl.[HH]. The van der Waals surface area contributed by atoms with E-state index in [1.165, 1.54) is 33.3 Å². The van der Waals surface area contributed by atoms with Gasteiger partial charge in [-0.25, -0.2) is 14.4 Å². The molecule has 5 aliphatic rings. The summed E-state index contributed by atoms with van der Waals surface area (Å²) in [5.74, 6) is -9.13. The van der Waals surface area contributed by atoms with Crippen molar-refractivity contribution in [1.29, 1.82) is 0 Å². The number of epoxide rings is 2. The molecule has 0 radical (unpaired) electrons. The topological polar surface area (TPSA) is 478 Å². The lowest BCUT2D eigenvalue weighted by atomic mass is 9.88. The molecule has 0 bridgehead atoms. The second kappa shape index (κ2) is 55.6. The molecule has 3 saturated heterocycles. The average Bonchev–Trinajstić information content (AvgIpc) is 1.63. The fraction of sp³-hybridized carbons (Fsp3) is 0.578. The Kier molecular flexibility index (Phi) is 45.4. The van der Waals surface area contributed by atoms with E-state index in [9.17, 15) is 86.3 Å². The van der Waals surface area contributed by atoms with Crippen LogP contribution in [0.2, 0.25) is 10.0 Å². The van der Waals surface area contributed by atoms with Crippen LogP contribution in [0, 0.1) is 58.2 Å². The molecule has 0 spiro atoms. The van der Waals surface area contributed by atoms with Gasteiger partial charge in [-0.15, -0.1) is 5.06 Å². The Bertz CT molecular complexity index is 5340. The summed E-state index contributed by atoms with van der Waals surface area (Å²) in [5.41, 5.74) is 2.56. The minimum absolute atomic E-state index is 0. The van der Waals surface area contributed by atoms with Gasteiger partial charge in [0.05, 0.1) is 59.4 Å². The van der Waals surface area contributed by atoms with Crippen LogP contribution in [0.1, 0.15) is 267 Å². The van der Waals surface area contributed by atoms with Crippen LogP contribution in [0.3, 0.4) is 0 Å². The highest BCUT2D eigenvalue weighted by Crippen LogP contribution is 2.47. The number of aryl methyl sites for hydroxylation is 2. The van der Waals surface area contributed by atoms with E-state index >= 15 is 0 Å². The second-order valence-corrected chi connectivity index (χ2v) is 42.3. The van der Waals surface area contributed by atoms with Crippen LogP contribution in [0.15, 0.2) is 109 Å². The van der Waals surface area contributed by atoms with Crippen molar-refractivity contribution < 1.29 is 121 Å². The summed E-state index contributed by atoms with van der Waals surface area (Å²) in [7, 11) is 2.98. The molecule has 34 nitrogen and oxygen atoms in total. The van der Waals surface area contributed by atoms with E-state index in [0.29, 0.717) is 69.8 Å². The van der Waals surface area contributed by atoms with Crippen LogP contribution in [0.25, 0.3) is 0 Å². The molecule has 794 valence electrons. The van der Waals surface area contributed by atoms with Crippen LogP contribution in [-0.4, -0.2) is 199 Å². The minimum Gasteiger partial charge on any atom is -0.495 e. The molecular weight excluding hydrogens is 1910 g/mol. The van der Waals surface area contributed by atoms with E-state index in [-0.39, 0.29) is 206 Å². The van der Waals surface area contributed by atoms with E-state index in [4.69, 9.17) is 56.5 Å². The number of hydrogen-bond donors (Lipinski definition) is 8. The van der Waals surface area contributed by atoms with Gasteiger partial charge in [0.2, 0.25) is 47.3 Å². The van der Waals surface area contributed by atoms with E-state index in [1.54, 1.807) is 104 Å². The number of methoxy groups -OCH3 is 2. The molecule has 0 saturated carbocycles. The van der Waals surface area contributed by atoms with Gasteiger partial charge in [-0.3, -0.25) is 67.1 Å². The molecule has 3 fully saturated rings. The number of halogens is 2. The third-order valence-electron chi connectivity index (χ3n) is 26.7. The molecule has 145 heavy (non-hydrogen) atoms. The summed E-state index contributed by atoms with van der Waals surface area (Å²) in [6.07, 6.45) is 5.89. The summed E-state index contributed by atoms with van der Waals surface area (Å²) in [5, 5.41) is 23.7. The molecule has 8 N–H and O–H groups in total. The molecule has 4 aromatic rings. The van der Waals surface area contributed by atoms with Crippen molar-refractivity contribution in [2.24, 2.45) is 58.2 Å². The molecule has 9 rings (SSSR count). The average molecular weight is 2060 g/mol. The number of carbonyl (C=O) groups excluding carboxylic acids is 18. The maximum absolute atomic E-state index is 14.0. The van der Waals surface area contributed by atoms with E-state index in [2.05, 4.69) is 42.5 Å². The number of hydrogen-bond acceptors (Lipinski definition) is 25. The lowest BCUT2D eigenvalue weighted by Gasteiger charge is -2.30. The standard InChI is InChI=1S/C56H74ClN5O14.C53H73ClN4O11.H2/c1-31(2)26-42-54(71)74-44(13-11-14-46(65)60-41(28-36-19-23-45(73-9)40(57)27-36)53(70)58-30-56(7,8)55(72)61-42)33(5)50-51(75-50)37-20-16-35(17-21-37)18-22-43(64)34(6)59-52(69)39(32(3)4)29-38(63)12-10-15-49(68)76-62-47(66)24-25-48(62)67;1-30(2)25-42-51(65)68-44(15-12-16-46(62)57-41(27-36-20-24-45(67-10)40(54)26-36)50(64)55-29-53(8,9)52(66)58-42)33(6)47-48(69-47)37-21-17-35(18-22-37)19-23-43(61)34(7)56-49(63)39(31(3)4)28-38(60)14-11-13-32(5)59;/h11,14,16-17,19-21,23,27,31-34,39,41-42,44,50-51H,10,12-13,15,18,22,24-26,28-30H2,1-9H3,(H,58,70)(H,59,69)(H,60,65)(H,61,72);12,16-18,20-22,24,26,30-31,33-34,39,41-42,44,47-48H,11,13-15,19,23,25,27-29H2,1-10H3,(H,55,64)(H,56,63)(H,57,62)(H,58,66);1H/b14-11+;16-12+;/t33-,34-,39-,41+,42-,44-,50+,51+;33-,34-,39-,41+,42-,44-,47+,48+;/m00./s1. The molecule has 5 aliphatic heterocycles. The van der Waals surface area contributed by atoms with Gasteiger partial charge in [-0.05, 0) is 180 Å². The summed E-state index contributed by atoms with van der Waals surface area (Å²) in [6.45, 7) is 30.0. The summed E-state index contributed by atoms with van der Waals surface area (Å²) < 4.78 is 35.3. The van der Waals surface area contributed by atoms with E-state index in [1.807, 2.05) is 104 Å². The highest BCUT2D eigenvalue weighted by atomic mass is 35.5. The molecule has 36 heteroatoms. The first-order valence-electron chi connectivity index (χ1n) is 50.3. The molecule has 0 aliphatic carbocycles. The van der Waals surface area contributed by atoms with Crippen molar-refractivity contribution in [3.8, 4) is 11.5 Å². The third-order valence-corrected chi connectivity index (χ3v) is 27.3. The predicted octanol–water partition coefficient (Wildman–Crippen LogP) is 12.7. The Morgan fingerprint density at radius 2 is 0.841 bits per heavy atom. The molecule has 10 amide bonds. The van der Waals surface area contributed by atoms with Gasteiger partial charge in [0.15, 0.2) is 11.6 Å². The van der Waals surface area contributed by atoms with E-state index < -0.39 is 142 Å². The molecule has 16 atom stereocenters. The Morgan fingerprint density at radius 1 is 0.476 bits per heavy atom. The van der Waals surface area contributed by atoms with Gasteiger partial charge in [-0.1, -0.05) is 165 Å². The fourth-order valence-corrected chi connectivity index (χ4v) is 17.7. The fourth-order valence-electron chi connectivity index (χ4n) is 17.2. The number of nitrogens with zero attached hydrogens (tertiary/aromatic N) is 1. The van der Waals surface area contributed by atoms with Gasteiger partial charge in [0.1, 0.15) is 77.4 Å². The quantitative estimate of drug-likeness (QED) is 0.0116. The monoisotopic (exact) mass is 2050 g/mol. The second-order valence-electron chi connectivity index (χ2n) is 41.5. The van der Waals surface area contributed by atoms with Crippen LogP contribution in [0.5, 0.6) is 11.5 Å². The van der Waals surface area contributed by atoms with Crippen LogP contribution < -0.4 is 52.0 Å². The van der Waals surface area contributed by atoms with Gasteiger partial charge in [-0.2, -0.15) is 0 Å². The zero-order valence-electron chi connectivity index (χ0n) is 86.9. The first kappa shape index (κ1) is 118. The molecule has 0 unspecified atom stereocenters. The number of Topliss-reactive ketones (excluding diaryl/α,β-unsaturated/α-hetero) is 5. The van der Waals surface area contributed by atoms with Gasteiger partial charge in [0.25, 0.3) is 11.8 Å². The molecular formula is C109H149Cl2N9O25. The number of hydroxylamine groups is 2. The Labute approximate surface area is 861 Å². The Balaban J connectivity index is 0.000000395. The smallest absolute Gasteiger partial charge is 0.333 e. The van der Waals surface area contributed by atoms with Gasteiger partial charge in [0, 0.05) is 128 Å². The lowest BCUT2D eigenvalue weighted by Crippen LogP contribution is -2.54. The van der Waals surface area contributed by atoms with Crippen molar-refractivity contribution >= 4 is 129 Å². The van der Waals surface area contributed by atoms with Gasteiger partial charge < -0.3 is 80.6 Å². The number of amides is 10. The number of benzene rings is 4. The number of esters is 2. The van der Waals surface area contributed by atoms with Crippen LogP contribution >= 0.6 is 23.2 Å². The van der Waals surface area contributed by atoms with Crippen molar-refractivity contribution in [3.05, 3.63) is 153 Å². The number of carbonyl (C=O) groups is 18. The summed E-state index contributed by atoms with van der Waals surface area (Å²) in [4.78, 5) is 240. The highest BCUT2D eigenvalue weighted by Gasteiger charge is 2.50. The van der Waals surface area contributed by atoms with Crippen LogP contribution in [-0.2, 0) is 136 Å². The highest BCUT2D eigenvalue weighted by molar-refractivity contribution is 6.32. The summed E-state index contributed by atoms with van der Waals surface area (Å²) in [6, 6.07) is 19.9. The number of imide groups is 1. The molecule has 0 aromatic heterocycles. The third kappa shape index (κ3) is 37.2. The number of cyclic esters (lactones) is 2. The maximum atomic E-state index is 14.0. The summed E-state index contributed by atoms with van der Waals surface area (Å²) >= 11 is 12.8. The van der Waals surface area contributed by atoms with Gasteiger partial charge >= 0.3 is 17.9 Å². The first-order valence-corrected chi connectivity index (χ1v) is 51.0. The van der Waals surface area contributed by atoms with Crippen LogP contribution in [0.4, 0.5) is 0 Å². The van der Waals surface area contributed by atoms with E-state index in [0.717, 1.165) is 22.3 Å². The number of ketones is 5. The molecule has 4 aromatic carbocycles. The number of ether oxygens (including phenoxy) is 6. The first-order chi connectivity index (χ1) is 68.3. The number of nitrogens with one attached hydrogen (secondary N) is 8. The Morgan fingerprint density at radius 3 is 1.19 bits per heavy atom. The van der Waals surface area contributed by atoms with Crippen molar-refractivity contribution in [2.45, 2.75) is 319 Å². The molecule has 5 heterocycles. The van der Waals surface area contributed by atoms with Crippen molar-refractivity contribution in [1.82, 2.24) is 47.6 Å². The minimum atomic E-state index is -1.17. The zero-order chi connectivity index (χ0) is 107. The number of rotatable bonds is 43. The van der Waals surface area contributed by atoms with Crippen molar-refractivity contribution in [2.75, 3.05) is 27.3 Å².